The molecule has 2 rings (SSSR count). The number of nitrogens with zero attached hydrogens (tertiary/aromatic N) is 4. The summed E-state index contributed by atoms with van der Waals surface area (Å²) in [5.41, 5.74) is 6.61. The van der Waals surface area contributed by atoms with Crippen LogP contribution >= 0.6 is 0 Å². The monoisotopic (exact) mass is 177 g/mol. The molecule has 0 fully saturated rings. The van der Waals surface area contributed by atoms with Gasteiger partial charge < -0.3 is 5.73 Å². The Bertz CT molecular complexity index is 445. The first-order valence-electron chi connectivity index (χ1n) is 4.19. The second-order valence-electron chi connectivity index (χ2n) is 2.92. The third-order valence-corrected chi connectivity index (χ3v) is 1.83. The van der Waals surface area contributed by atoms with E-state index in [1.807, 2.05) is 13.8 Å². The van der Waals surface area contributed by atoms with Crippen molar-refractivity contribution in [3.8, 4) is 0 Å². The van der Waals surface area contributed by atoms with Gasteiger partial charge in [-0.2, -0.15) is 9.50 Å². The zero-order valence-electron chi connectivity index (χ0n) is 7.65. The van der Waals surface area contributed by atoms with Crippen LogP contribution in [0.25, 0.3) is 5.78 Å². The van der Waals surface area contributed by atoms with Gasteiger partial charge in [-0.05, 0) is 6.92 Å². The summed E-state index contributed by atoms with van der Waals surface area (Å²) in [6.45, 7) is 3.88. The fourth-order valence-electron chi connectivity index (χ4n) is 1.21. The van der Waals surface area contributed by atoms with Gasteiger partial charge in [0.25, 0.3) is 5.78 Å². The Morgan fingerprint density at radius 1 is 1.46 bits per heavy atom. The Labute approximate surface area is 75.6 Å². The van der Waals surface area contributed by atoms with E-state index in [0.29, 0.717) is 11.6 Å². The first kappa shape index (κ1) is 7.97. The van der Waals surface area contributed by atoms with Crippen LogP contribution in [0.5, 0.6) is 0 Å². The Morgan fingerprint density at radius 3 is 2.92 bits per heavy atom. The molecule has 0 bridgehead atoms. The van der Waals surface area contributed by atoms with E-state index in [2.05, 4.69) is 15.1 Å². The first-order valence-corrected chi connectivity index (χ1v) is 4.19. The molecule has 2 N–H and O–H groups in total. The lowest BCUT2D eigenvalue weighted by Gasteiger charge is -1.97. The lowest BCUT2D eigenvalue weighted by atomic mass is 10.4. The predicted molar refractivity (Wildman–Crippen MR) is 49.3 cm³/mol. The van der Waals surface area contributed by atoms with Crippen molar-refractivity contribution < 1.29 is 0 Å². The van der Waals surface area contributed by atoms with Crippen molar-refractivity contribution in [2.24, 2.45) is 0 Å². The molecule has 0 unspecified atom stereocenters. The molecule has 0 aliphatic carbocycles. The van der Waals surface area contributed by atoms with Crippen LogP contribution in [0.1, 0.15) is 18.4 Å². The van der Waals surface area contributed by atoms with Gasteiger partial charge in [0, 0.05) is 18.2 Å². The number of hydrogen-bond acceptors (Lipinski definition) is 4. The maximum Gasteiger partial charge on any atom is 0.254 e. The van der Waals surface area contributed by atoms with E-state index in [9.17, 15) is 0 Å². The minimum absolute atomic E-state index is 0.578. The molecule has 2 heterocycles. The van der Waals surface area contributed by atoms with Gasteiger partial charge >= 0.3 is 0 Å². The Balaban J connectivity index is 2.75. The number of hydrogen-bond donors (Lipinski definition) is 1. The van der Waals surface area contributed by atoms with E-state index in [1.165, 1.54) is 0 Å². The van der Waals surface area contributed by atoms with Crippen LogP contribution in [0.2, 0.25) is 0 Å². The highest BCUT2D eigenvalue weighted by atomic mass is 15.3. The molecular formula is C8H11N5. The molecule has 0 amide bonds. The number of nitrogen functional groups attached to an aromatic ring is 1. The van der Waals surface area contributed by atoms with E-state index < -0.39 is 0 Å². The number of anilines is 1. The van der Waals surface area contributed by atoms with Crippen LogP contribution in [-0.4, -0.2) is 19.6 Å². The van der Waals surface area contributed by atoms with Crippen molar-refractivity contribution in [1.82, 2.24) is 19.6 Å². The molecule has 13 heavy (non-hydrogen) atoms. The number of fused-ring (bicyclic) bond motifs is 1. The third kappa shape index (κ3) is 1.22. The predicted octanol–water partition coefficient (Wildman–Crippen LogP) is 0.577. The fourth-order valence-corrected chi connectivity index (χ4v) is 1.21. The van der Waals surface area contributed by atoms with E-state index in [-0.39, 0.29) is 0 Å². The molecular weight excluding hydrogens is 166 g/mol. The average Bonchev–Trinajstić information content (AvgIpc) is 2.47. The summed E-state index contributed by atoms with van der Waals surface area (Å²) < 4.78 is 1.56. The molecule has 0 aliphatic heterocycles. The molecule has 0 saturated carbocycles. The number of aryl methyl sites for hydroxylation is 2. The van der Waals surface area contributed by atoms with Gasteiger partial charge in [-0.1, -0.05) is 6.92 Å². The standard InChI is InChI=1S/C8H11N5/c1-3-7-11-8-10-5(2)4-6(9)13(8)12-7/h4H,3,9H2,1-2H3. The van der Waals surface area contributed by atoms with E-state index in [0.717, 1.165) is 17.9 Å². The summed E-state index contributed by atoms with van der Waals surface area (Å²) in [7, 11) is 0. The molecule has 2 aromatic rings. The van der Waals surface area contributed by atoms with Crippen LogP contribution in [0.4, 0.5) is 5.82 Å². The third-order valence-electron chi connectivity index (χ3n) is 1.83. The second-order valence-corrected chi connectivity index (χ2v) is 2.92. The molecule has 5 heteroatoms. The van der Waals surface area contributed by atoms with Crippen LogP contribution in [0.15, 0.2) is 6.07 Å². The molecule has 0 aromatic carbocycles. The van der Waals surface area contributed by atoms with Gasteiger partial charge in [-0.3, -0.25) is 0 Å². The summed E-state index contributed by atoms with van der Waals surface area (Å²) in [6.07, 6.45) is 0.793. The Hall–Kier alpha value is -1.65. The lowest BCUT2D eigenvalue weighted by molar-refractivity contribution is 0.884. The molecule has 68 valence electrons. The van der Waals surface area contributed by atoms with Gasteiger partial charge in [-0.15, -0.1) is 5.10 Å². The van der Waals surface area contributed by atoms with E-state index >= 15 is 0 Å². The van der Waals surface area contributed by atoms with Crippen LogP contribution < -0.4 is 5.73 Å². The van der Waals surface area contributed by atoms with E-state index in [4.69, 9.17) is 5.73 Å². The van der Waals surface area contributed by atoms with Crippen LogP contribution in [0, 0.1) is 6.92 Å². The quantitative estimate of drug-likeness (QED) is 0.691. The van der Waals surface area contributed by atoms with Crippen molar-refractivity contribution in [3.63, 3.8) is 0 Å². The largest absolute Gasteiger partial charge is 0.383 e. The van der Waals surface area contributed by atoms with Gasteiger partial charge in [0.15, 0.2) is 5.82 Å². The molecule has 0 aliphatic rings. The Kier molecular flexibility index (Phi) is 1.65. The summed E-state index contributed by atoms with van der Waals surface area (Å²) in [4.78, 5) is 8.43. The van der Waals surface area contributed by atoms with Gasteiger partial charge in [0.05, 0.1) is 0 Å². The molecule has 2 aromatic heterocycles. The highest BCUT2D eigenvalue weighted by Crippen LogP contribution is 2.07. The molecule has 0 atom stereocenters. The van der Waals surface area contributed by atoms with Crippen molar-refractivity contribution in [2.75, 3.05) is 5.73 Å². The molecule has 5 nitrogen and oxygen atoms in total. The smallest absolute Gasteiger partial charge is 0.254 e. The highest BCUT2D eigenvalue weighted by molar-refractivity contribution is 5.41. The maximum atomic E-state index is 5.75. The van der Waals surface area contributed by atoms with Gasteiger partial charge in [0.2, 0.25) is 0 Å². The first-order chi connectivity index (χ1) is 6.20. The summed E-state index contributed by atoms with van der Waals surface area (Å²) in [6, 6.07) is 1.78. The van der Waals surface area contributed by atoms with E-state index in [1.54, 1.807) is 10.6 Å². The van der Waals surface area contributed by atoms with Gasteiger partial charge in [-0.25, -0.2) is 4.98 Å². The fraction of sp³-hybridized carbons (Fsp3) is 0.375. The molecule has 0 spiro atoms. The Morgan fingerprint density at radius 2 is 2.23 bits per heavy atom. The number of aromatic nitrogens is 4. The minimum atomic E-state index is 0.578. The van der Waals surface area contributed by atoms with Crippen molar-refractivity contribution in [2.45, 2.75) is 20.3 Å². The topological polar surface area (TPSA) is 69.1 Å². The SMILES string of the molecule is CCc1nc2nc(C)cc(N)n2n1. The summed E-state index contributed by atoms with van der Waals surface area (Å²) >= 11 is 0. The molecule has 0 radical (unpaired) electrons. The van der Waals surface area contributed by atoms with Crippen molar-refractivity contribution in [1.29, 1.82) is 0 Å². The van der Waals surface area contributed by atoms with Crippen molar-refractivity contribution in [3.05, 3.63) is 17.6 Å². The maximum absolute atomic E-state index is 5.75. The minimum Gasteiger partial charge on any atom is -0.383 e. The number of rotatable bonds is 1. The second kappa shape index (κ2) is 2.69. The van der Waals surface area contributed by atoms with Crippen molar-refractivity contribution >= 4 is 11.6 Å². The van der Waals surface area contributed by atoms with Crippen LogP contribution in [-0.2, 0) is 6.42 Å². The zero-order valence-corrected chi connectivity index (χ0v) is 7.65. The summed E-state index contributed by atoms with van der Waals surface area (Å²) in [5.74, 6) is 1.92. The number of nitrogens with two attached hydrogens (primary N) is 1. The van der Waals surface area contributed by atoms with Crippen LogP contribution in [0.3, 0.4) is 0 Å². The normalized spacial score (nSPS) is 10.9. The average molecular weight is 177 g/mol. The zero-order chi connectivity index (χ0) is 9.42. The highest BCUT2D eigenvalue weighted by Gasteiger charge is 2.05. The van der Waals surface area contributed by atoms with Gasteiger partial charge in [0.1, 0.15) is 5.82 Å². The lowest BCUT2D eigenvalue weighted by Crippen LogP contribution is -2.01. The summed E-state index contributed by atoms with van der Waals surface area (Å²) in [5, 5.41) is 4.19. The molecule has 0 saturated heterocycles.